The summed E-state index contributed by atoms with van der Waals surface area (Å²) in [7, 11) is 3.12. The summed E-state index contributed by atoms with van der Waals surface area (Å²) in [5, 5.41) is 2.68. The maximum Gasteiger partial charge on any atom is 0.306 e. The van der Waals surface area contributed by atoms with Crippen LogP contribution in [0.4, 0.5) is 0 Å². The molecule has 0 aliphatic heterocycles. The smallest absolute Gasteiger partial charge is 0.306 e. The minimum Gasteiger partial charge on any atom is -0.497 e. The minimum absolute atomic E-state index is 0.121. The summed E-state index contributed by atoms with van der Waals surface area (Å²) in [6, 6.07) is 12.2. The molecule has 0 fully saturated rings. The van der Waals surface area contributed by atoms with Gasteiger partial charge in [0.05, 0.1) is 14.2 Å². The first-order valence-corrected chi connectivity index (χ1v) is 9.15. The second-order valence-electron chi connectivity index (χ2n) is 6.41. The number of hydrogen-bond acceptors (Lipinski definition) is 6. The van der Waals surface area contributed by atoms with E-state index in [-0.39, 0.29) is 24.7 Å². The van der Waals surface area contributed by atoms with Crippen molar-refractivity contribution in [2.24, 2.45) is 0 Å². The minimum atomic E-state index is -0.456. The zero-order valence-electron chi connectivity index (χ0n) is 16.8. The molecule has 0 aromatic heterocycles. The van der Waals surface area contributed by atoms with E-state index in [9.17, 15) is 14.4 Å². The molecule has 1 N–H and O–H groups in total. The normalized spacial score (nSPS) is 10.2. The first-order chi connectivity index (χ1) is 13.9. The summed E-state index contributed by atoms with van der Waals surface area (Å²) in [5.41, 5.74) is 2.20. The number of carbonyl (C=O) groups is 3. The van der Waals surface area contributed by atoms with Crippen molar-refractivity contribution >= 4 is 17.7 Å². The van der Waals surface area contributed by atoms with Gasteiger partial charge in [-0.1, -0.05) is 24.3 Å². The summed E-state index contributed by atoms with van der Waals surface area (Å²) in [6.07, 6.45) is 0.581. The average molecular weight is 399 g/mol. The van der Waals surface area contributed by atoms with E-state index in [0.29, 0.717) is 30.0 Å². The third-order valence-electron chi connectivity index (χ3n) is 4.21. The number of aryl methyl sites for hydroxylation is 1. The molecule has 0 heterocycles. The van der Waals surface area contributed by atoms with Crippen LogP contribution in [0.25, 0.3) is 0 Å². The molecule has 2 aromatic rings. The van der Waals surface area contributed by atoms with Crippen LogP contribution in [0.1, 0.15) is 34.8 Å². The molecule has 0 spiro atoms. The Morgan fingerprint density at radius 1 is 0.897 bits per heavy atom. The Morgan fingerprint density at radius 3 is 2.07 bits per heavy atom. The standard InChI is InChI=1S/C22H25NO6/c1-15(24)23-13-16-4-7-18(8-5-16)21(25)14-29-22(26)9-6-17-10-19(27-2)12-20(11-17)28-3/h4-5,7-8,10-12H,6,9,13-14H2,1-3H3,(H,23,24). The Morgan fingerprint density at radius 2 is 1.52 bits per heavy atom. The second-order valence-corrected chi connectivity index (χ2v) is 6.41. The summed E-state index contributed by atoms with van der Waals surface area (Å²) in [4.78, 5) is 35.1. The fraction of sp³-hybridized carbons (Fsp3) is 0.318. The summed E-state index contributed by atoms with van der Waals surface area (Å²) in [6.45, 7) is 1.52. The van der Waals surface area contributed by atoms with E-state index in [0.717, 1.165) is 11.1 Å². The molecule has 0 unspecified atom stereocenters. The van der Waals surface area contributed by atoms with Crippen molar-refractivity contribution < 1.29 is 28.6 Å². The van der Waals surface area contributed by atoms with Gasteiger partial charge in [-0.25, -0.2) is 0 Å². The van der Waals surface area contributed by atoms with Gasteiger partial charge in [0.2, 0.25) is 5.91 Å². The van der Waals surface area contributed by atoms with Crippen molar-refractivity contribution in [1.82, 2.24) is 5.32 Å². The molecule has 0 aliphatic rings. The van der Waals surface area contributed by atoms with E-state index in [1.807, 2.05) is 12.1 Å². The molecule has 1 amide bonds. The van der Waals surface area contributed by atoms with Crippen LogP contribution in [0, 0.1) is 0 Å². The highest BCUT2D eigenvalue weighted by Crippen LogP contribution is 2.23. The van der Waals surface area contributed by atoms with Crippen molar-refractivity contribution in [2.45, 2.75) is 26.3 Å². The maximum absolute atomic E-state index is 12.2. The van der Waals surface area contributed by atoms with Crippen molar-refractivity contribution in [3.63, 3.8) is 0 Å². The number of Topliss-reactive ketones (excluding diaryl/α,β-unsaturated/α-hetero) is 1. The van der Waals surface area contributed by atoms with Crippen LogP contribution >= 0.6 is 0 Å². The molecule has 0 atom stereocenters. The van der Waals surface area contributed by atoms with Crippen LogP contribution in [0.5, 0.6) is 11.5 Å². The monoisotopic (exact) mass is 399 g/mol. The summed E-state index contributed by atoms with van der Waals surface area (Å²) < 4.78 is 15.5. The number of esters is 1. The summed E-state index contributed by atoms with van der Waals surface area (Å²) in [5.74, 6) is 0.425. The topological polar surface area (TPSA) is 90.9 Å². The van der Waals surface area contributed by atoms with Crippen LogP contribution in [-0.4, -0.2) is 38.5 Å². The number of ether oxygens (including phenoxy) is 3. The van der Waals surface area contributed by atoms with Crippen molar-refractivity contribution in [3.8, 4) is 11.5 Å². The number of methoxy groups -OCH3 is 2. The Labute approximate surface area is 170 Å². The second kappa shape index (κ2) is 10.8. The Balaban J connectivity index is 1.81. The number of ketones is 1. The van der Waals surface area contributed by atoms with Gasteiger partial charge in [-0.05, 0) is 29.7 Å². The van der Waals surface area contributed by atoms with Gasteiger partial charge in [-0.2, -0.15) is 0 Å². The summed E-state index contributed by atoms with van der Waals surface area (Å²) >= 11 is 0. The fourth-order valence-electron chi connectivity index (χ4n) is 2.59. The Kier molecular flexibility index (Phi) is 8.21. The number of rotatable bonds is 10. The fourth-order valence-corrected chi connectivity index (χ4v) is 2.59. The molecule has 2 rings (SSSR count). The molecule has 29 heavy (non-hydrogen) atoms. The molecule has 0 aliphatic carbocycles. The first-order valence-electron chi connectivity index (χ1n) is 9.15. The molecule has 7 nitrogen and oxygen atoms in total. The molecule has 154 valence electrons. The molecular formula is C22H25NO6. The lowest BCUT2D eigenvalue weighted by molar-refractivity contribution is -0.142. The lowest BCUT2D eigenvalue weighted by Gasteiger charge is -2.09. The number of benzene rings is 2. The van der Waals surface area contributed by atoms with E-state index in [1.54, 1.807) is 44.6 Å². The maximum atomic E-state index is 12.2. The van der Waals surface area contributed by atoms with Crippen LogP contribution < -0.4 is 14.8 Å². The number of carbonyl (C=O) groups excluding carboxylic acids is 3. The predicted octanol–water partition coefficient (Wildman–Crippen LogP) is 2.70. The lowest BCUT2D eigenvalue weighted by atomic mass is 10.1. The Bertz CT molecular complexity index is 838. The van der Waals surface area contributed by atoms with Gasteiger partial charge in [0.15, 0.2) is 12.4 Å². The quantitative estimate of drug-likeness (QED) is 0.488. The predicted molar refractivity (Wildman–Crippen MR) is 107 cm³/mol. The molecule has 0 radical (unpaired) electrons. The van der Waals surface area contributed by atoms with E-state index < -0.39 is 5.97 Å². The molecule has 0 bridgehead atoms. The van der Waals surface area contributed by atoms with E-state index in [4.69, 9.17) is 14.2 Å². The van der Waals surface area contributed by atoms with Crippen molar-refractivity contribution in [2.75, 3.05) is 20.8 Å². The van der Waals surface area contributed by atoms with Gasteiger partial charge in [0.25, 0.3) is 0 Å². The van der Waals surface area contributed by atoms with Crippen LogP contribution in [-0.2, 0) is 27.3 Å². The third-order valence-corrected chi connectivity index (χ3v) is 4.21. The van der Waals surface area contributed by atoms with Crippen molar-refractivity contribution in [1.29, 1.82) is 0 Å². The van der Waals surface area contributed by atoms with Crippen LogP contribution in [0.15, 0.2) is 42.5 Å². The molecule has 2 aromatic carbocycles. The highest BCUT2D eigenvalue weighted by Gasteiger charge is 2.11. The van der Waals surface area contributed by atoms with Gasteiger partial charge in [0, 0.05) is 31.5 Å². The van der Waals surface area contributed by atoms with E-state index in [1.165, 1.54) is 6.92 Å². The third kappa shape index (κ3) is 7.29. The highest BCUT2D eigenvalue weighted by molar-refractivity contribution is 5.97. The molecule has 0 saturated heterocycles. The zero-order chi connectivity index (χ0) is 21.2. The lowest BCUT2D eigenvalue weighted by Crippen LogP contribution is -2.19. The van der Waals surface area contributed by atoms with E-state index >= 15 is 0 Å². The zero-order valence-corrected chi connectivity index (χ0v) is 16.8. The van der Waals surface area contributed by atoms with Gasteiger partial charge < -0.3 is 19.5 Å². The van der Waals surface area contributed by atoms with Gasteiger partial charge in [-0.15, -0.1) is 0 Å². The highest BCUT2D eigenvalue weighted by atomic mass is 16.5. The molecule has 7 heteroatoms. The first kappa shape index (κ1) is 21.9. The van der Waals surface area contributed by atoms with Gasteiger partial charge in [0.1, 0.15) is 11.5 Å². The largest absolute Gasteiger partial charge is 0.497 e. The Hall–Kier alpha value is -3.35. The average Bonchev–Trinajstić information content (AvgIpc) is 2.74. The van der Waals surface area contributed by atoms with E-state index in [2.05, 4.69) is 5.32 Å². The van der Waals surface area contributed by atoms with Gasteiger partial charge in [-0.3, -0.25) is 14.4 Å². The number of hydrogen-bond donors (Lipinski definition) is 1. The molecular weight excluding hydrogens is 374 g/mol. The number of nitrogens with one attached hydrogen (secondary N) is 1. The van der Waals surface area contributed by atoms with Gasteiger partial charge >= 0.3 is 5.97 Å². The van der Waals surface area contributed by atoms with Crippen LogP contribution in [0.2, 0.25) is 0 Å². The van der Waals surface area contributed by atoms with Crippen LogP contribution in [0.3, 0.4) is 0 Å². The van der Waals surface area contributed by atoms with Crippen molar-refractivity contribution in [3.05, 3.63) is 59.2 Å². The SMILES string of the molecule is COc1cc(CCC(=O)OCC(=O)c2ccc(CNC(C)=O)cc2)cc(OC)c1. The molecule has 0 saturated carbocycles. The number of amides is 1.